The van der Waals surface area contributed by atoms with Crippen LogP contribution in [-0.2, 0) is 14.8 Å². The summed E-state index contributed by atoms with van der Waals surface area (Å²) in [6, 6.07) is 10.6. The Labute approximate surface area is 147 Å². The van der Waals surface area contributed by atoms with Crippen molar-refractivity contribution in [2.45, 2.75) is 4.90 Å². The highest BCUT2D eigenvalue weighted by molar-refractivity contribution is 7.89. The lowest BCUT2D eigenvalue weighted by atomic mass is 10.1. The number of carbonyl (C=O) groups is 1. The molecule has 0 unspecified atom stereocenters. The number of sulfonamides is 1. The molecule has 0 N–H and O–H groups in total. The van der Waals surface area contributed by atoms with Crippen molar-refractivity contribution < 1.29 is 13.2 Å². The van der Waals surface area contributed by atoms with E-state index in [1.165, 1.54) is 10.4 Å². The Balaban J connectivity index is 1.75. The van der Waals surface area contributed by atoms with E-state index in [9.17, 15) is 13.2 Å². The van der Waals surface area contributed by atoms with Crippen LogP contribution in [-0.4, -0.2) is 54.7 Å². The highest BCUT2D eigenvalue weighted by atomic mass is 32.2. The monoisotopic (exact) mass is 357 g/mol. The second-order valence-corrected chi connectivity index (χ2v) is 7.63. The first-order chi connectivity index (χ1) is 12.0. The largest absolute Gasteiger partial charge is 0.337 e. The van der Waals surface area contributed by atoms with E-state index >= 15 is 0 Å². The van der Waals surface area contributed by atoms with Crippen LogP contribution in [0.2, 0.25) is 0 Å². The van der Waals surface area contributed by atoms with Crippen LogP contribution in [0.5, 0.6) is 0 Å². The van der Waals surface area contributed by atoms with Crippen LogP contribution in [0.25, 0.3) is 11.1 Å². The molecule has 0 radical (unpaired) electrons. The first kappa shape index (κ1) is 17.3. The minimum atomic E-state index is -3.56. The van der Waals surface area contributed by atoms with Gasteiger partial charge in [-0.15, -0.1) is 0 Å². The lowest BCUT2D eigenvalue weighted by molar-refractivity contribution is -0.127. The first-order valence-electron chi connectivity index (χ1n) is 7.94. The molecule has 1 aliphatic rings. The molecule has 0 atom stereocenters. The lowest BCUT2D eigenvalue weighted by Gasteiger charge is -2.33. The van der Waals surface area contributed by atoms with Gasteiger partial charge in [-0.1, -0.05) is 18.7 Å². The molecule has 1 aromatic heterocycles. The standard InChI is InChI=1S/C18H19N3O3S/c1-2-18(22)20-11-13-21(14-12-20)25(23,24)17-5-3-15(4-6-17)16-7-9-19-10-8-16/h2-10H,1,11-14H2. The Morgan fingerprint density at radius 3 is 2.08 bits per heavy atom. The molecule has 2 aromatic rings. The van der Waals surface area contributed by atoms with Gasteiger partial charge < -0.3 is 4.90 Å². The Morgan fingerprint density at radius 1 is 0.960 bits per heavy atom. The molecule has 3 rings (SSSR count). The number of benzene rings is 1. The van der Waals surface area contributed by atoms with Crippen molar-refractivity contribution in [1.82, 2.24) is 14.2 Å². The molecule has 1 saturated heterocycles. The maximum atomic E-state index is 12.8. The molecule has 0 bridgehead atoms. The van der Waals surface area contributed by atoms with Gasteiger partial charge in [-0.2, -0.15) is 4.31 Å². The van der Waals surface area contributed by atoms with Gasteiger partial charge in [0.1, 0.15) is 0 Å². The summed E-state index contributed by atoms with van der Waals surface area (Å²) < 4.78 is 27.0. The van der Waals surface area contributed by atoms with E-state index in [1.807, 2.05) is 12.1 Å². The fourth-order valence-electron chi connectivity index (χ4n) is 2.79. The zero-order valence-electron chi connectivity index (χ0n) is 13.7. The number of nitrogens with zero attached hydrogens (tertiary/aromatic N) is 3. The molecule has 0 saturated carbocycles. The molecule has 0 aliphatic carbocycles. The average molecular weight is 357 g/mol. The van der Waals surface area contributed by atoms with E-state index in [0.29, 0.717) is 13.1 Å². The third-order valence-corrected chi connectivity index (χ3v) is 6.14. The van der Waals surface area contributed by atoms with Gasteiger partial charge in [0.15, 0.2) is 0 Å². The van der Waals surface area contributed by atoms with Gasteiger partial charge in [0.05, 0.1) is 4.90 Å². The number of carbonyl (C=O) groups excluding carboxylic acids is 1. The van der Waals surface area contributed by atoms with Gasteiger partial charge in [0, 0.05) is 38.6 Å². The summed E-state index contributed by atoms with van der Waals surface area (Å²) in [6.07, 6.45) is 4.65. The number of pyridine rings is 1. The van der Waals surface area contributed by atoms with E-state index in [4.69, 9.17) is 0 Å². The van der Waals surface area contributed by atoms with Crippen LogP contribution >= 0.6 is 0 Å². The van der Waals surface area contributed by atoms with Crippen molar-refractivity contribution in [2.75, 3.05) is 26.2 Å². The third-order valence-electron chi connectivity index (χ3n) is 4.23. The maximum absolute atomic E-state index is 12.8. The van der Waals surface area contributed by atoms with E-state index in [0.717, 1.165) is 11.1 Å². The highest BCUT2D eigenvalue weighted by Crippen LogP contribution is 2.23. The molecule has 130 valence electrons. The maximum Gasteiger partial charge on any atom is 0.246 e. The number of piperazine rings is 1. The smallest absolute Gasteiger partial charge is 0.246 e. The molecule has 1 amide bonds. The zero-order chi connectivity index (χ0) is 17.9. The van der Waals surface area contributed by atoms with Gasteiger partial charge in [-0.25, -0.2) is 8.42 Å². The third kappa shape index (κ3) is 3.62. The summed E-state index contributed by atoms with van der Waals surface area (Å²) in [7, 11) is -3.56. The van der Waals surface area contributed by atoms with Crippen LogP contribution in [0.4, 0.5) is 0 Å². The van der Waals surface area contributed by atoms with E-state index in [1.54, 1.807) is 41.6 Å². The molecule has 1 aliphatic heterocycles. The van der Waals surface area contributed by atoms with E-state index in [-0.39, 0.29) is 23.9 Å². The summed E-state index contributed by atoms with van der Waals surface area (Å²) in [4.78, 5) is 17.4. The minimum Gasteiger partial charge on any atom is -0.337 e. The Morgan fingerprint density at radius 2 is 1.52 bits per heavy atom. The summed E-state index contributed by atoms with van der Waals surface area (Å²) in [5, 5.41) is 0. The van der Waals surface area contributed by atoms with Gasteiger partial charge in [0.2, 0.25) is 15.9 Å². The Bertz CT molecular complexity index is 856. The number of aromatic nitrogens is 1. The fourth-order valence-corrected chi connectivity index (χ4v) is 4.21. The predicted octanol–water partition coefficient (Wildman–Crippen LogP) is 1.77. The van der Waals surface area contributed by atoms with Crippen LogP contribution in [0.15, 0.2) is 66.3 Å². The van der Waals surface area contributed by atoms with Crippen LogP contribution in [0.1, 0.15) is 0 Å². The second kappa shape index (κ2) is 7.16. The minimum absolute atomic E-state index is 0.168. The van der Waals surface area contributed by atoms with Crippen molar-refractivity contribution in [3.63, 3.8) is 0 Å². The van der Waals surface area contributed by atoms with Gasteiger partial charge in [-0.05, 0) is 41.5 Å². The average Bonchev–Trinajstić information content (AvgIpc) is 2.68. The van der Waals surface area contributed by atoms with Crippen LogP contribution < -0.4 is 0 Å². The fraction of sp³-hybridized carbons (Fsp3) is 0.222. The quantitative estimate of drug-likeness (QED) is 0.782. The molecular formula is C18H19N3O3S. The number of rotatable bonds is 4. The van der Waals surface area contributed by atoms with Crippen molar-refractivity contribution in [1.29, 1.82) is 0 Å². The van der Waals surface area contributed by atoms with Crippen molar-refractivity contribution in [3.8, 4) is 11.1 Å². The number of hydrogen-bond acceptors (Lipinski definition) is 4. The Kier molecular flexibility index (Phi) is 4.96. The summed E-state index contributed by atoms with van der Waals surface area (Å²) in [5.41, 5.74) is 1.92. The molecule has 0 spiro atoms. The van der Waals surface area contributed by atoms with Gasteiger partial charge >= 0.3 is 0 Å². The van der Waals surface area contributed by atoms with Gasteiger partial charge in [0.25, 0.3) is 0 Å². The molecule has 7 heteroatoms. The van der Waals surface area contributed by atoms with Crippen molar-refractivity contribution in [2.24, 2.45) is 0 Å². The van der Waals surface area contributed by atoms with Crippen molar-refractivity contribution in [3.05, 3.63) is 61.4 Å². The SMILES string of the molecule is C=CC(=O)N1CCN(S(=O)(=O)c2ccc(-c3ccncc3)cc2)CC1. The topological polar surface area (TPSA) is 70.6 Å². The summed E-state index contributed by atoms with van der Waals surface area (Å²) in [5.74, 6) is -0.168. The lowest BCUT2D eigenvalue weighted by Crippen LogP contribution is -2.50. The number of amides is 1. The van der Waals surface area contributed by atoms with Gasteiger partial charge in [-0.3, -0.25) is 9.78 Å². The molecule has 25 heavy (non-hydrogen) atoms. The van der Waals surface area contributed by atoms with Crippen LogP contribution in [0.3, 0.4) is 0 Å². The number of hydrogen-bond donors (Lipinski definition) is 0. The molecule has 1 aromatic carbocycles. The normalized spacial score (nSPS) is 15.8. The second-order valence-electron chi connectivity index (χ2n) is 5.69. The van der Waals surface area contributed by atoms with E-state index in [2.05, 4.69) is 11.6 Å². The summed E-state index contributed by atoms with van der Waals surface area (Å²) in [6.45, 7) is 4.78. The Hall–Kier alpha value is -2.51. The van der Waals surface area contributed by atoms with E-state index < -0.39 is 10.0 Å². The molecule has 2 heterocycles. The van der Waals surface area contributed by atoms with Crippen LogP contribution in [0, 0.1) is 0 Å². The van der Waals surface area contributed by atoms with Crippen molar-refractivity contribution >= 4 is 15.9 Å². The first-order valence-corrected chi connectivity index (χ1v) is 9.38. The molecule has 6 nitrogen and oxygen atoms in total. The zero-order valence-corrected chi connectivity index (χ0v) is 14.5. The predicted molar refractivity (Wildman–Crippen MR) is 95.2 cm³/mol. The highest BCUT2D eigenvalue weighted by Gasteiger charge is 2.29. The molecular weight excluding hydrogens is 338 g/mol. The summed E-state index contributed by atoms with van der Waals surface area (Å²) >= 11 is 0. The molecule has 1 fully saturated rings.